The molecule has 1 saturated heterocycles. The van der Waals surface area contributed by atoms with Crippen LogP contribution in [0.15, 0.2) is 24.5 Å². The summed E-state index contributed by atoms with van der Waals surface area (Å²) in [7, 11) is 0. The quantitative estimate of drug-likeness (QED) is 0.599. The fourth-order valence-corrected chi connectivity index (χ4v) is 4.86. The first-order valence-corrected chi connectivity index (χ1v) is 11.7. The summed E-state index contributed by atoms with van der Waals surface area (Å²) in [5.41, 5.74) is 0.488. The maximum atomic E-state index is 15.3. The van der Waals surface area contributed by atoms with E-state index in [0.29, 0.717) is 37.3 Å². The van der Waals surface area contributed by atoms with Gasteiger partial charge in [0.1, 0.15) is 18.0 Å². The third-order valence-electron chi connectivity index (χ3n) is 6.76. The third kappa shape index (κ3) is 4.65. The van der Waals surface area contributed by atoms with Gasteiger partial charge in [-0.05, 0) is 50.8 Å². The number of rotatable bonds is 6. The van der Waals surface area contributed by atoms with Crippen molar-refractivity contribution in [2.24, 2.45) is 17.8 Å². The molecule has 0 amide bonds. The average molecular weight is 487 g/mol. The van der Waals surface area contributed by atoms with Crippen molar-refractivity contribution in [1.29, 1.82) is 5.26 Å². The standard InChI is InChI=1S/C24H24ClFN4O4/c1-24(4-5-24)34-23(31)14-7-15-10-32-11-16(8-14)20(15)33-22-19(26)21(28-12-29-22)30-18-3-2-13(9-27)6-17(18)25/h2-3,6,12,14-16,20H,4-5,7-8,10-11H2,1H3,(H,28,29,30). The molecule has 2 bridgehead atoms. The van der Waals surface area contributed by atoms with E-state index in [-0.39, 0.29) is 52.1 Å². The Morgan fingerprint density at radius 3 is 2.68 bits per heavy atom. The van der Waals surface area contributed by atoms with Gasteiger partial charge in [-0.25, -0.2) is 4.98 Å². The van der Waals surface area contributed by atoms with E-state index in [9.17, 15) is 4.79 Å². The number of nitrogens with zero attached hydrogens (tertiary/aromatic N) is 3. The van der Waals surface area contributed by atoms with Crippen LogP contribution in [-0.4, -0.2) is 40.9 Å². The lowest BCUT2D eigenvalue weighted by atomic mass is 9.72. The number of aromatic nitrogens is 2. The molecule has 34 heavy (non-hydrogen) atoms. The highest BCUT2D eigenvalue weighted by Crippen LogP contribution is 2.44. The molecule has 2 aromatic rings. The number of carbonyl (C=O) groups is 1. The lowest BCUT2D eigenvalue weighted by Crippen LogP contribution is -2.50. The average Bonchev–Trinajstić information content (AvgIpc) is 3.53. The summed E-state index contributed by atoms with van der Waals surface area (Å²) < 4.78 is 32.7. The fraction of sp³-hybridized carbons (Fsp3) is 0.500. The van der Waals surface area contributed by atoms with Gasteiger partial charge in [-0.15, -0.1) is 0 Å². The normalized spacial score (nSPS) is 26.8. The molecule has 5 rings (SSSR count). The minimum atomic E-state index is -0.745. The second-order valence-corrected chi connectivity index (χ2v) is 9.86. The zero-order valence-electron chi connectivity index (χ0n) is 18.6. The summed E-state index contributed by atoms with van der Waals surface area (Å²) in [5.74, 6) is -1.52. The molecule has 0 radical (unpaired) electrons. The third-order valence-corrected chi connectivity index (χ3v) is 7.07. The Balaban J connectivity index is 1.30. The van der Waals surface area contributed by atoms with Gasteiger partial charge in [-0.1, -0.05) is 11.6 Å². The number of anilines is 2. The van der Waals surface area contributed by atoms with Gasteiger partial charge in [0.2, 0.25) is 5.82 Å². The first-order chi connectivity index (χ1) is 16.3. The van der Waals surface area contributed by atoms with E-state index in [1.54, 1.807) is 12.1 Å². The molecule has 10 heteroatoms. The zero-order valence-corrected chi connectivity index (χ0v) is 19.3. The van der Waals surface area contributed by atoms with Crippen molar-refractivity contribution in [3.8, 4) is 11.9 Å². The molecule has 2 saturated carbocycles. The summed E-state index contributed by atoms with van der Waals surface area (Å²) in [6, 6.07) is 6.62. The number of benzene rings is 1. The van der Waals surface area contributed by atoms with Gasteiger partial charge in [0.05, 0.1) is 41.5 Å². The van der Waals surface area contributed by atoms with E-state index in [0.717, 1.165) is 12.8 Å². The van der Waals surface area contributed by atoms with E-state index in [2.05, 4.69) is 15.3 Å². The predicted molar refractivity (Wildman–Crippen MR) is 120 cm³/mol. The molecule has 2 heterocycles. The monoisotopic (exact) mass is 486 g/mol. The van der Waals surface area contributed by atoms with Crippen LogP contribution in [0.3, 0.4) is 0 Å². The van der Waals surface area contributed by atoms with Crippen LogP contribution in [0, 0.1) is 34.9 Å². The van der Waals surface area contributed by atoms with Crippen LogP contribution in [0.2, 0.25) is 5.02 Å². The van der Waals surface area contributed by atoms with Crippen molar-refractivity contribution in [2.45, 2.75) is 44.3 Å². The molecule has 0 spiro atoms. The summed E-state index contributed by atoms with van der Waals surface area (Å²) in [6.07, 6.45) is 3.83. The Morgan fingerprint density at radius 1 is 1.29 bits per heavy atom. The maximum absolute atomic E-state index is 15.3. The highest BCUT2D eigenvalue weighted by atomic mass is 35.5. The van der Waals surface area contributed by atoms with Crippen LogP contribution in [0.5, 0.6) is 5.88 Å². The first kappa shape index (κ1) is 22.8. The molecule has 1 aromatic heterocycles. The number of ether oxygens (including phenoxy) is 3. The van der Waals surface area contributed by atoms with Crippen molar-refractivity contribution >= 4 is 29.1 Å². The van der Waals surface area contributed by atoms with Gasteiger partial charge in [0.25, 0.3) is 5.88 Å². The smallest absolute Gasteiger partial charge is 0.309 e. The van der Waals surface area contributed by atoms with Gasteiger partial charge in [-0.2, -0.15) is 14.6 Å². The van der Waals surface area contributed by atoms with Crippen LogP contribution in [-0.2, 0) is 14.3 Å². The van der Waals surface area contributed by atoms with Crippen LogP contribution in [0.1, 0.15) is 38.2 Å². The lowest BCUT2D eigenvalue weighted by molar-refractivity contribution is -0.165. The SMILES string of the molecule is CC1(OC(=O)C2CC3COCC(C2)C3Oc2ncnc(Nc3ccc(C#N)cc3Cl)c2F)CC1. The van der Waals surface area contributed by atoms with Gasteiger partial charge < -0.3 is 19.5 Å². The van der Waals surface area contributed by atoms with Crippen molar-refractivity contribution in [3.05, 3.63) is 40.9 Å². The molecule has 8 nitrogen and oxygen atoms in total. The van der Waals surface area contributed by atoms with Gasteiger partial charge >= 0.3 is 5.97 Å². The van der Waals surface area contributed by atoms with Crippen LogP contribution < -0.4 is 10.1 Å². The Hall–Kier alpha value is -2.96. The van der Waals surface area contributed by atoms with E-state index in [1.807, 2.05) is 13.0 Å². The Bertz CT molecular complexity index is 1140. The molecule has 1 aromatic carbocycles. The summed E-state index contributed by atoms with van der Waals surface area (Å²) in [4.78, 5) is 20.6. The second kappa shape index (κ2) is 9.01. The molecule has 1 N–H and O–H groups in total. The first-order valence-electron chi connectivity index (χ1n) is 11.3. The fourth-order valence-electron chi connectivity index (χ4n) is 4.63. The Morgan fingerprint density at radius 2 is 2.03 bits per heavy atom. The highest BCUT2D eigenvalue weighted by molar-refractivity contribution is 6.33. The van der Waals surface area contributed by atoms with Gasteiger partial charge in [0, 0.05) is 11.8 Å². The molecule has 3 fully saturated rings. The van der Waals surface area contributed by atoms with E-state index in [4.69, 9.17) is 31.1 Å². The predicted octanol–water partition coefficient (Wildman–Crippen LogP) is 4.40. The molecule has 3 aliphatic rings. The largest absolute Gasteiger partial charge is 0.471 e. The number of hydrogen-bond acceptors (Lipinski definition) is 8. The van der Waals surface area contributed by atoms with Crippen LogP contribution in [0.25, 0.3) is 0 Å². The van der Waals surface area contributed by atoms with Crippen molar-refractivity contribution in [3.63, 3.8) is 0 Å². The molecule has 2 aliphatic carbocycles. The minimum Gasteiger partial charge on any atom is -0.471 e. The number of carbonyl (C=O) groups excluding carboxylic acids is 1. The molecule has 1 aliphatic heterocycles. The van der Waals surface area contributed by atoms with Crippen molar-refractivity contribution < 1.29 is 23.4 Å². The summed E-state index contributed by atoms with van der Waals surface area (Å²) in [5, 5.41) is 12.1. The number of hydrogen-bond donors (Lipinski definition) is 1. The van der Waals surface area contributed by atoms with E-state index < -0.39 is 5.82 Å². The maximum Gasteiger partial charge on any atom is 0.309 e. The topological polar surface area (TPSA) is 106 Å². The zero-order chi connectivity index (χ0) is 23.9. The Kier molecular flexibility index (Phi) is 6.04. The van der Waals surface area contributed by atoms with Gasteiger partial charge in [0.15, 0.2) is 5.82 Å². The molecule has 178 valence electrons. The number of halogens is 2. The van der Waals surface area contributed by atoms with E-state index >= 15 is 4.39 Å². The second-order valence-electron chi connectivity index (χ2n) is 9.45. The van der Waals surface area contributed by atoms with E-state index in [1.165, 1.54) is 12.4 Å². The number of fused-ring (bicyclic) bond motifs is 2. The van der Waals surface area contributed by atoms with Crippen LogP contribution in [0.4, 0.5) is 15.9 Å². The number of nitriles is 1. The molecule has 2 unspecified atom stereocenters. The van der Waals surface area contributed by atoms with Gasteiger partial charge in [-0.3, -0.25) is 4.79 Å². The molecular formula is C24H24ClFN4O4. The molecule has 2 atom stereocenters. The van der Waals surface area contributed by atoms with Crippen LogP contribution >= 0.6 is 11.6 Å². The molecular weight excluding hydrogens is 463 g/mol. The lowest BCUT2D eigenvalue weighted by Gasteiger charge is -2.44. The van der Waals surface area contributed by atoms with Crippen molar-refractivity contribution in [2.75, 3.05) is 18.5 Å². The van der Waals surface area contributed by atoms with Crippen molar-refractivity contribution in [1.82, 2.24) is 9.97 Å². The Labute approximate surface area is 201 Å². The summed E-state index contributed by atoms with van der Waals surface area (Å²) >= 11 is 6.19. The highest BCUT2D eigenvalue weighted by Gasteiger charge is 2.48. The minimum absolute atomic E-state index is 0.0733. The number of nitrogens with one attached hydrogen (secondary N) is 1. The summed E-state index contributed by atoms with van der Waals surface area (Å²) in [6.45, 7) is 2.82. The number of esters is 1.